The van der Waals surface area contributed by atoms with E-state index in [4.69, 9.17) is 32.7 Å². The summed E-state index contributed by atoms with van der Waals surface area (Å²) in [5, 5.41) is 3.61. The highest BCUT2D eigenvalue weighted by Crippen LogP contribution is 2.28. The number of esters is 1. The van der Waals surface area contributed by atoms with Gasteiger partial charge in [0.2, 0.25) is 6.10 Å². The molecule has 1 saturated carbocycles. The Morgan fingerprint density at radius 3 is 2.50 bits per heavy atom. The Morgan fingerprint density at radius 2 is 1.85 bits per heavy atom. The summed E-state index contributed by atoms with van der Waals surface area (Å²) in [5.41, 5.74) is 0.600. The second kappa shape index (κ2) is 8.43. The van der Waals surface area contributed by atoms with Crippen molar-refractivity contribution in [3.63, 3.8) is 0 Å². The highest BCUT2D eigenvalue weighted by atomic mass is 35.5. The summed E-state index contributed by atoms with van der Waals surface area (Å²) in [7, 11) is 0. The Morgan fingerprint density at radius 1 is 1.12 bits per heavy atom. The average molecular weight is 394 g/mol. The summed E-state index contributed by atoms with van der Waals surface area (Å²) in [4.78, 5) is 24.6. The molecule has 136 valence electrons. The van der Waals surface area contributed by atoms with Crippen molar-refractivity contribution in [2.45, 2.75) is 25.0 Å². The zero-order valence-corrected chi connectivity index (χ0v) is 15.3. The Hall–Kier alpha value is -2.24. The lowest BCUT2D eigenvalue weighted by molar-refractivity contribution is -0.158. The van der Waals surface area contributed by atoms with E-state index < -0.39 is 12.1 Å². The molecule has 2 aromatic rings. The molecule has 1 aliphatic rings. The molecule has 1 aliphatic carbocycles. The van der Waals surface area contributed by atoms with E-state index in [0.717, 1.165) is 12.8 Å². The van der Waals surface area contributed by atoms with Crippen molar-refractivity contribution in [1.29, 1.82) is 0 Å². The first-order valence-corrected chi connectivity index (χ1v) is 8.91. The number of hydrogen-bond acceptors (Lipinski definition) is 4. The van der Waals surface area contributed by atoms with Crippen LogP contribution in [0.1, 0.15) is 24.5 Å². The van der Waals surface area contributed by atoms with E-state index in [1.807, 2.05) is 6.07 Å². The predicted octanol–water partition coefficient (Wildman–Crippen LogP) is 3.94. The summed E-state index contributed by atoms with van der Waals surface area (Å²) < 4.78 is 10.7. The van der Waals surface area contributed by atoms with Gasteiger partial charge < -0.3 is 14.8 Å². The monoisotopic (exact) mass is 393 g/mol. The molecule has 0 spiro atoms. The maximum atomic E-state index is 12.4. The first kappa shape index (κ1) is 18.5. The lowest BCUT2D eigenvalue weighted by Gasteiger charge is -2.18. The van der Waals surface area contributed by atoms with E-state index in [-0.39, 0.29) is 23.6 Å². The molecular weight excluding hydrogens is 377 g/mol. The largest absolute Gasteiger partial charge is 0.480 e. The number of ether oxygens (including phenoxy) is 2. The molecule has 0 heterocycles. The highest BCUT2D eigenvalue weighted by Gasteiger charge is 2.30. The standard InChI is InChI=1S/C19H17Cl2NO4/c20-13-6-9-16(15(21)10-13)25-11-17(23)26-18(12-4-2-1-3-5-12)19(24)22-14-7-8-14/h1-6,9-10,14,18H,7-8,11H2,(H,22,24)/t18-/m1/s1. The predicted molar refractivity (Wildman–Crippen MR) is 98.4 cm³/mol. The fraction of sp³-hybridized carbons (Fsp3) is 0.263. The normalized spacial score (nSPS) is 14.4. The van der Waals surface area contributed by atoms with E-state index in [1.165, 1.54) is 6.07 Å². The molecule has 0 aliphatic heterocycles. The van der Waals surface area contributed by atoms with Gasteiger partial charge in [-0.1, -0.05) is 53.5 Å². The third kappa shape index (κ3) is 5.13. The van der Waals surface area contributed by atoms with Crippen LogP contribution in [0.3, 0.4) is 0 Å². The molecule has 0 unspecified atom stereocenters. The van der Waals surface area contributed by atoms with Crippen LogP contribution in [0.2, 0.25) is 10.0 Å². The second-order valence-corrected chi connectivity index (χ2v) is 6.77. The Labute approximate surface area is 161 Å². The van der Waals surface area contributed by atoms with Gasteiger partial charge in [-0.15, -0.1) is 0 Å². The topological polar surface area (TPSA) is 64.6 Å². The minimum atomic E-state index is -1.02. The molecule has 1 atom stereocenters. The maximum absolute atomic E-state index is 12.4. The van der Waals surface area contributed by atoms with Crippen LogP contribution in [0.4, 0.5) is 0 Å². The van der Waals surface area contributed by atoms with Crippen molar-refractivity contribution < 1.29 is 19.1 Å². The van der Waals surface area contributed by atoms with Gasteiger partial charge in [-0.25, -0.2) is 4.79 Å². The zero-order valence-electron chi connectivity index (χ0n) is 13.8. The molecule has 5 nitrogen and oxygen atoms in total. The smallest absolute Gasteiger partial charge is 0.345 e. The van der Waals surface area contributed by atoms with Crippen molar-refractivity contribution in [2.75, 3.05) is 6.61 Å². The van der Waals surface area contributed by atoms with Crippen LogP contribution in [0, 0.1) is 0 Å². The van der Waals surface area contributed by atoms with Gasteiger partial charge in [0.1, 0.15) is 5.75 Å². The van der Waals surface area contributed by atoms with Gasteiger partial charge in [-0.3, -0.25) is 4.79 Å². The van der Waals surface area contributed by atoms with Gasteiger partial charge in [0.25, 0.3) is 5.91 Å². The number of carbonyl (C=O) groups is 2. The van der Waals surface area contributed by atoms with Crippen molar-refractivity contribution in [2.24, 2.45) is 0 Å². The van der Waals surface area contributed by atoms with Crippen LogP contribution >= 0.6 is 23.2 Å². The van der Waals surface area contributed by atoms with Crippen LogP contribution in [-0.4, -0.2) is 24.5 Å². The Bertz CT molecular complexity index is 793. The fourth-order valence-electron chi connectivity index (χ4n) is 2.30. The lowest BCUT2D eigenvalue weighted by atomic mass is 10.1. The average Bonchev–Trinajstić information content (AvgIpc) is 3.43. The Balaban J connectivity index is 1.63. The number of benzene rings is 2. The van der Waals surface area contributed by atoms with Crippen molar-refractivity contribution in [3.8, 4) is 5.75 Å². The molecule has 2 aromatic carbocycles. The van der Waals surface area contributed by atoms with Crippen LogP contribution in [0.15, 0.2) is 48.5 Å². The highest BCUT2D eigenvalue weighted by molar-refractivity contribution is 6.35. The molecular formula is C19H17Cl2NO4. The van der Waals surface area contributed by atoms with Gasteiger partial charge in [0, 0.05) is 16.6 Å². The maximum Gasteiger partial charge on any atom is 0.345 e. The number of rotatable bonds is 7. The molecule has 0 radical (unpaired) electrons. The van der Waals surface area contributed by atoms with Gasteiger partial charge in [0.15, 0.2) is 6.61 Å². The van der Waals surface area contributed by atoms with E-state index in [0.29, 0.717) is 16.3 Å². The first-order valence-electron chi connectivity index (χ1n) is 8.15. The van der Waals surface area contributed by atoms with Crippen LogP contribution in [0.25, 0.3) is 0 Å². The molecule has 7 heteroatoms. The number of halogens is 2. The van der Waals surface area contributed by atoms with Gasteiger partial charge in [0.05, 0.1) is 5.02 Å². The molecule has 0 bridgehead atoms. The molecule has 1 fully saturated rings. The molecule has 3 rings (SSSR count). The van der Waals surface area contributed by atoms with Gasteiger partial charge in [-0.05, 0) is 31.0 Å². The quantitative estimate of drug-likeness (QED) is 0.723. The number of nitrogens with one attached hydrogen (secondary N) is 1. The van der Waals surface area contributed by atoms with E-state index >= 15 is 0 Å². The number of hydrogen-bond donors (Lipinski definition) is 1. The summed E-state index contributed by atoms with van der Waals surface area (Å²) in [6, 6.07) is 13.7. The summed E-state index contributed by atoms with van der Waals surface area (Å²) in [5.74, 6) is -0.695. The summed E-state index contributed by atoms with van der Waals surface area (Å²) in [6.07, 6.45) is 0.868. The Kier molecular flexibility index (Phi) is 6.01. The molecule has 1 amide bonds. The SMILES string of the molecule is O=C(COc1ccc(Cl)cc1Cl)O[C@@H](C(=O)NC1CC1)c1ccccc1. The molecule has 0 aromatic heterocycles. The fourth-order valence-corrected chi connectivity index (χ4v) is 2.76. The molecule has 1 N–H and O–H groups in total. The van der Waals surface area contributed by atoms with Crippen molar-refractivity contribution >= 4 is 35.1 Å². The number of carbonyl (C=O) groups excluding carboxylic acids is 2. The van der Waals surface area contributed by atoms with E-state index in [1.54, 1.807) is 36.4 Å². The van der Waals surface area contributed by atoms with E-state index in [9.17, 15) is 9.59 Å². The third-order valence-corrected chi connectivity index (χ3v) is 4.28. The number of amides is 1. The second-order valence-electron chi connectivity index (χ2n) is 5.93. The molecule has 0 saturated heterocycles. The van der Waals surface area contributed by atoms with Crippen molar-refractivity contribution in [3.05, 3.63) is 64.1 Å². The van der Waals surface area contributed by atoms with Crippen LogP contribution in [0.5, 0.6) is 5.75 Å². The molecule has 26 heavy (non-hydrogen) atoms. The zero-order chi connectivity index (χ0) is 18.5. The third-order valence-electron chi connectivity index (χ3n) is 3.75. The minimum Gasteiger partial charge on any atom is -0.480 e. The van der Waals surface area contributed by atoms with Crippen molar-refractivity contribution in [1.82, 2.24) is 5.32 Å². The van der Waals surface area contributed by atoms with Gasteiger partial charge in [-0.2, -0.15) is 0 Å². The summed E-state index contributed by atoms with van der Waals surface area (Å²) in [6.45, 7) is -0.374. The van der Waals surface area contributed by atoms with Crippen LogP contribution in [-0.2, 0) is 14.3 Å². The first-order chi connectivity index (χ1) is 12.5. The van der Waals surface area contributed by atoms with E-state index in [2.05, 4.69) is 5.32 Å². The summed E-state index contributed by atoms with van der Waals surface area (Å²) >= 11 is 11.8. The lowest BCUT2D eigenvalue weighted by Crippen LogP contribution is -2.34. The minimum absolute atomic E-state index is 0.163. The van der Waals surface area contributed by atoms with Crippen LogP contribution < -0.4 is 10.1 Å². The van der Waals surface area contributed by atoms with Gasteiger partial charge >= 0.3 is 5.97 Å².